The molecule has 5 nitrogen and oxygen atoms in total. The molecule has 0 radical (unpaired) electrons. The molecular weight excluding hydrogens is 290 g/mol. The van der Waals surface area contributed by atoms with Gasteiger partial charge in [0.2, 0.25) is 0 Å². The Hall–Kier alpha value is -1.99. The third-order valence-corrected chi connectivity index (χ3v) is 3.87. The van der Waals surface area contributed by atoms with Crippen molar-refractivity contribution in [1.82, 2.24) is 24.9 Å². The van der Waals surface area contributed by atoms with Crippen molar-refractivity contribution < 1.29 is 0 Å². The predicted molar refractivity (Wildman–Crippen MR) is 76.5 cm³/mol. The van der Waals surface area contributed by atoms with Crippen molar-refractivity contribution in [1.29, 1.82) is 0 Å². The first-order chi connectivity index (χ1) is 9.90. The van der Waals surface area contributed by atoms with E-state index in [0.717, 1.165) is 20.1 Å². The van der Waals surface area contributed by atoms with Gasteiger partial charge in [0.15, 0.2) is 0 Å². The first-order valence-corrected chi connectivity index (χ1v) is 7.38. The van der Waals surface area contributed by atoms with E-state index < -0.39 is 0 Å². The molecule has 0 saturated heterocycles. The van der Waals surface area contributed by atoms with E-state index in [1.807, 2.05) is 18.2 Å². The molecule has 0 aliphatic rings. The zero-order valence-corrected chi connectivity index (χ0v) is 11.9. The van der Waals surface area contributed by atoms with E-state index in [0.29, 0.717) is 0 Å². The van der Waals surface area contributed by atoms with Crippen LogP contribution in [-0.4, -0.2) is 24.9 Å². The molecule has 0 saturated carbocycles. The SMILES string of the molecule is c1ccc(Sc2cncc(Sc3cnccn3)n2)nc1. The van der Waals surface area contributed by atoms with Gasteiger partial charge < -0.3 is 0 Å². The molecule has 0 spiro atoms. The van der Waals surface area contributed by atoms with Crippen LogP contribution in [0.15, 0.2) is 75.5 Å². The summed E-state index contributed by atoms with van der Waals surface area (Å²) in [5.74, 6) is 0. The zero-order chi connectivity index (χ0) is 13.6. The maximum atomic E-state index is 4.52. The molecule has 7 heteroatoms. The molecule has 0 aliphatic carbocycles. The van der Waals surface area contributed by atoms with Crippen molar-refractivity contribution in [3.63, 3.8) is 0 Å². The fourth-order valence-corrected chi connectivity index (χ4v) is 2.88. The Kier molecular flexibility index (Phi) is 4.19. The van der Waals surface area contributed by atoms with Gasteiger partial charge in [0.05, 0.1) is 18.6 Å². The van der Waals surface area contributed by atoms with Crippen LogP contribution in [0.2, 0.25) is 0 Å². The average Bonchev–Trinajstić information content (AvgIpc) is 2.50. The molecule has 3 rings (SSSR count). The Labute approximate surface area is 124 Å². The molecule has 0 bridgehead atoms. The van der Waals surface area contributed by atoms with Crippen LogP contribution in [0, 0.1) is 0 Å². The summed E-state index contributed by atoms with van der Waals surface area (Å²) < 4.78 is 0. The third kappa shape index (κ3) is 3.52. The molecule has 0 aromatic carbocycles. The van der Waals surface area contributed by atoms with E-state index in [4.69, 9.17) is 0 Å². The van der Waals surface area contributed by atoms with Gasteiger partial charge in [-0.15, -0.1) is 0 Å². The third-order valence-electron chi connectivity index (χ3n) is 2.19. The summed E-state index contributed by atoms with van der Waals surface area (Å²) in [4.78, 5) is 21.2. The van der Waals surface area contributed by atoms with Crippen molar-refractivity contribution >= 4 is 23.5 Å². The molecule has 3 aromatic heterocycles. The zero-order valence-electron chi connectivity index (χ0n) is 10.2. The highest BCUT2D eigenvalue weighted by atomic mass is 32.2. The minimum atomic E-state index is 0.784. The smallest absolute Gasteiger partial charge is 0.122 e. The Morgan fingerprint density at radius 3 is 2.10 bits per heavy atom. The molecule has 0 N–H and O–H groups in total. The Bertz CT molecular complexity index is 622. The molecule has 3 aromatic rings. The summed E-state index contributed by atoms with van der Waals surface area (Å²) in [7, 11) is 0. The van der Waals surface area contributed by atoms with E-state index >= 15 is 0 Å². The highest BCUT2D eigenvalue weighted by Crippen LogP contribution is 2.27. The van der Waals surface area contributed by atoms with Crippen LogP contribution in [0.1, 0.15) is 0 Å². The van der Waals surface area contributed by atoms with Crippen molar-refractivity contribution in [2.24, 2.45) is 0 Å². The summed E-state index contributed by atoms with van der Waals surface area (Å²) in [5.41, 5.74) is 0. The van der Waals surface area contributed by atoms with Gasteiger partial charge in [0.25, 0.3) is 0 Å². The highest BCUT2D eigenvalue weighted by Gasteiger charge is 2.04. The molecule has 0 amide bonds. The van der Waals surface area contributed by atoms with Gasteiger partial charge in [-0.25, -0.2) is 15.0 Å². The van der Waals surface area contributed by atoms with Crippen LogP contribution >= 0.6 is 23.5 Å². The molecule has 98 valence electrons. The summed E-state index contributed by atoms with van der Waals surface area (Å²) in [5, 5.41) is 3.27. The number of hydrogen-bond donors (Lipinski definition) is 0. The van der Waals surface area contributed by atoms with Crippen LogP contribution in [0.5, 0.6) is 0 Å². The van der Waals surface area contributed by atoms with Gasteiger partial charge in [-0.1, -0.05) is 6.07 Å². The fourth-order valence-electron chi connectivity index (χ4n) is 1.39. The maximum Gasteiger partial charge on any atom is 0.122 e. The first-order valence-electron chi connectivity index (χ1n) is 5.75. The lowest BCUT2D eigenvalue weighted by molar-refractivity contribution is 0.935. The summed E-state index contributed by atoms with van der Waals surface area (Å²) in [6, 6.07) is 5.77. The van der Waals surface area contributed by atoms with E-state index in [9.17, 15) is 0 Å². The molecular formula is C13H9N5S2. The lowest BCUT2D eigenvalue weighted by atomic mass is 10.5. The van der Waals surface area contributed by atoms with Gasteiger partial charge in [-0.05, 0) is 35.7 Å². The van der Waals surface area contributed by atoms with Crippen molar-refractivity contribution in [2.45, 2.75) is 20.1 Å². The number of pyridine rings is 1. The number of hydrogen-bond acceptors (Lipinski definition) is 7. The van der Waals surface area contributed by atoms with Crippen LogP contribution in [0.25, 0.3) is 0 Å². The molecule has 3 heterocycles. The number of nitrogens with zero attached hydrogens (tertiary/aromatic N) is 5. The van der Waals surface area contributed by atoms with Gasteiger partial charge in [-0.2, -0.15) is 0 Å². The van der Waals surface area contributed by atoms with Gasteiger partial charge >= 0.3 is 0 Å². The molecule has 0 atom stereocenters. The van der Waals surface area contributed by atoms with Crippen LogP contribution in [0.4, 0.5) is 0 Å². The monoisotopic (exact) mass is 299 g/mol. The lowest BCUT2D eigenvalue weighted by Gasteiger charge is -2.02. The normalized spacial score (nSPS) is 10.4. The highest BCUT2D eigenvalue weighted by molar-refractivity contribution is 7.99. The average molecular weight is 299 g/mol. The standard InChI is InChI=1S/C13H9N5S2/c1-2-4-16-10(3-1)19-12-8-15-9-13(18-12)20-11-7-14-5-6-17-11/h1-9H. The summed E-state index contributed by atoms with van der Waals surface area (Å²) in [6.07, 6.45) is 10.2. The van der Waals surface area contributed by atoms with Gasteiger partial charge in [0, 0.05) is 18.6 Å². The first kappa shape index (κ1) is 13.0. The van der Waals surface area contributed by atoms with Crippen molar-refractivity contribution in [2.75, 3.05) is 0 Å². The van der Waals surface area contributed by atoms with E-state index in [-0.39, 0.29) is 0 Å². The van der Waals surface area contributed by atoms with Crippen molar-refractivity contribution in [3.05, 3.63) is 55.4 Å². The largest absolute Gasteiger partial charge is 0.260 e. The van der Waals surface area contributed by atoms with Crippen LogP contribution in [0.3, 0.4) is 0 Å². The number of aromatic nitrogens is 5. The minimum absolute atomic E-state index is 0.784. The maximum absolute atomic E-state index is 4.52. The summed E-state index contributed by atoms with van der Waals surface area (Å²) in [6.45, 7) is 0. The Morgan fingerprint density at radius 2 is 1.40 bits per heavy atom. The van der Waals surface area contributed by atoms with Gasteiger partial charge in [-0.3, -0.25) is 9.97 Å². The second-order valence-corrected chi connectivity index (χ2v) is 5.69. The summed E-state index contributed by atoms with van der Waals surface area (Å²) >= 11 is 2.91. The Balaban J connectivity index is 1.76. The molecule has 0 fully saturated rings. The molecule has 0 unspecified atom stereocenters. The van der Waals surface area contributed by atoms with E-state index in [2.05, 4.69) is 24.9 Å². The second kappa shape index (κ2) is 6.44. The van der Waals surface area contributed by atoms with E-state index in [1.165, 1.54) is 23.5 Å². The molecule has 20 heavy (non-hydrogen) atoms. The fraction of sp³-hybridized carbons (Fsp3) is 0. The van der Waals surface area contributed by atoms with Gasteiger partial charge in [0.1, 0.15) is 20.1 Å². The minimum Gasteiger partial charge on any atom is -0.260 e. The quantitative estimate of drug-likeness (QED) is 0.733. The molecule has 0 aliphatic heterocycles. The topological polar surface area (TPSA) is 64.5 Å². The lowest BCUT2D eigenvalue weighted by Crippen LogP contribution is -1.88. The Morgan fingerprint density at radius 1 is 0.650 bits per heavy atom. The number of rotatable bonds is 4. The second-order valence-electron chi connectivity index (χ2n) is 3.61. The van der Waals surface area contributed by atoms with E-state index in [1.54, 1.807) is 37.2 Å². The van der Waals surface area contributed by atoms with Crippen molar-refractivity contribution in [3.8, 4) is 0 Å². The van der Waals surface area contributed by atoms with Crippen LogP contribution < -0.4 is 0 Å². The predicted octanol–water partition coefficient (Wildman–Crippen LogP) is 2.96. The van der Waals surface area contributed by atoms with Crippen LogP contribution in [-0.2, 0) is 0 Å².